The van der Waals surface area contributed by atoms with Crippen molar-refractivity contribution in [2.24, 2.45) is 0 Å². The molecule has 0 radical (unpaired) electrons. The van der Waals surface area contributed by atoms with E-state index in [2.05, 4.69) is 6.07 Å². The fourth-order valence-corrected chi connectivity index (χ4v) is 4.84. The van der Waals surface area contributed by atoms with Crippen molar-refractivity contribution in [1.82, 2.24) is 9.88 Å². The van der Waals surface area contributed by atoms with Gasteiger partial charge in [-0.15, -0.1) is 11.3 Å². The smallest absolute Gasteiger partial charge is 0.255 e. The quantitative estimate of drug-likeness (QED) is 0.568. The van der Waals surface area contributed by atoms with E-state index in [-0.39, 0.29) is 11.8 Å². The first-order valence-electron chi connectivity index (χ1n) is 8.21. The fraction of sp³-hybridized carbons (Fsp3) is 0.263. The van der Waals surface area contributed by atoms with Crippen LogP contribution in [0, 0.1) is 0 Å². The summed E-state index contributed by atoms with van der Waals surface area (Å²) in [6.07, 6.45) is 2.02. The van der Waals surface area contributed by atoms with Crippen LogP contribution in [0.15, 0.2) is 42.5 Å². The number of amides is 1. The summed E-state index contributed by atoms with van der Waals surface area (Å²) < 4.78 is 1.20. The molecule has 0 aliphatic carbocycles. The first-order chi connectivity index (χ1) is 12.1. The highest BCUT2D eigenvalue weighted by Crippen LogP contribution is 2.34. The minimum atomic E-state index is -0.0347. The zero-order valence-electron chi connectivity index (χ0n) is 13.4. The maximum atomic E-state index is 12.9. The molecule has 0 bridgehead atoms. The van der Waals surface area contributed by atoms with Crippen LogP contribution < -0.4 is 0 Å². The third-order valence-corrected chi connectivity index (χ3v) is 6.28. The summed E-state index contributed by atoms with van der Waals surface area (Å²) in [5.41, 5.74) is 1.54. The highest BCUT2D eigenvalue weighted by molar-refractivity contribution is 7.18. The molecule has 0 N–H and O–H groups in total. The minimum Gasteiger partial charge on any atom is -0.338 e. The van der Waals surface area contributed by atoms with Crippen LogP contribution >= 0.6 is 34.5 Å². The highest BCUT2D eigenvalue weighted by Gasteiger charge is 2.28. The molecule has 4 rings (SSSR count). The summed E-state index contributed by atoms with van der Waals surface area (Å²) in [6, 6.07) is 13.2. The summed E-state index contributed by atoms with van der Waals surface area (Å²) in [5, 5.41) is 2.05. The van der Waals surface area contributed by atoms with Gasteiger partial charge in [0.05, 0.1) is 25.8 Å². The summed E-state index contributed by atoms with van der Waals surface area (Å²) in [7, 11) is 0. The molecule has 3 nitrogen and oxygen atoms in total. The van der Waals surface area contributed by atoms with E-state index < -0.39 is 0 Å². The lowest BCUT2D eigenvalue weighted by Crippen LogP contribution is -2.39. The third kappa shape index (κ3) is 3.39. The zero-order valence-corrected chi connectivity index (χ0v) is 15.7. The number of piperidine rings is 1. The number of carbonyl (C=O) groups is 1. The van der Waals surface area contributed by atoms with Crippen molar-refractivity contribution in [3.05, 3.63) is 63.1 Å². The van der Waals surface area contributed by atoms with Crippen LogP contribution in [0.5, 0.6) is 0 Å². The summed E-state index contributed by atoms with van der Waals surface area (Å²) in [5.74, 6) is 0.244. The molecular formula is C19H16Cl2N2OS. The number of aromatic nitrogens is 1. The number of likely N-dealkylation sites (tertiary alicyclic amines) is 1. The number of hydrogen-bond acceptors (Lipinski definition) is 3. The Bertz CT molecular complexity index is 907. The number of thiazole rings is 1. The molecule has 3 aromatic rings. The topological polar surface area (TPSA) is 33.2 Å². The van der Waals surface area contributed by atoms with E-state index in [9.17, 15) is 4.79 Å². The zero-order chi connectivity index (χ0) is 17.4. The van der Waals surface area contributed by atoms with Crippen LogP contribution in [-0.4, -0.2) is 28.9 Å². The Morgan fingerprint density at radius 3 is 2.84 bits per heavy atom. The first-order valence-corrected chi connectivity index (χ1v) is 9.79. The highest BCUT2D eigenvalue weighted by atomic mass is 35.5. The van der Waals surface area contributed by atoms with Gasteiger partial charge in [-0.1, -0.05) is 35.3 Å². The van der Waals surface area contributed by atoms with Crippen LogP contribution in [0.1, 0.15) is 34.1 Å². The Kier molecular flexibility index (Phi) is 4.67. The molecule has 1 saturated heterocycles. The Hall–Kier alpha value is -1.62. The SMILES string of the molecule is O=C(c1ccc(Cl)cc1Cl)N1CCC[C@@H](c2nc3ccccc3s2)C1. The number of para-hydroxylation sites is 1. The van der Waals surface area contributed by atoms with Crippen molar-refractivity contribution in [1.29, 1.82) is 0 Å². The molecule has 128 valence electrons. The van der Waals surface area contributed by atoms with Crippen molar-refractivity contribution >= 4 is 50.7 Å². The number of rotatable bonds is 2. The van der Waals surface area contributed by atoms with Crippen LogP contribution in [0.4, 0.5) is 0 Å². The van der Waals surface area contributed by atoms with Crippen molar-refractivity contribution < 1.29 is 4.79 Å². The number of halogens is 2. The molecule has 25 heavy (non-hydrogen) atoms. The minimum absolute atomic E-state index is 0.0347. The molecule has 1 atom stereocenters. The van der Waals surface area contributed by atoms with Gasteiger partial charge >= 0.3 is 0 Å². The molecule has 1 amide bonds. The Morgan fingerprint density at radius 1 is 1.20 bits per heavy atom. The average molecular weight is 391 g/mol. The van der Waals surface area contributed by atoms with Crippen LogP contribution in [-0.2, 0) is 0 Å². The van der Waals surface area contributed by atoms with Crippen molar-refractivity contribution in [3.8, 4) is 0 Å². The van der Waals surface area contributed by atoms with Crippen LogP contribution in [0.3, 0.4) is 0 Å². The lowest BCUT2D eigenvalue weighted by atomic mass is 9.98. The molecule has 0 unspecified atom stereocenters. The second-order valence-corrected chi connectivity index (χ2v) is 8.14. The Balaban J connectivity index is 1.57. The average Bonchev–Trinajstić information content (AvgIpc) is 3.05. The molecule has 2 heterocycles. The maximum Gasteiger partial charge on any atom is 0.255 e. The van der Waals surface area contributed by atoms with Gasteiger partial charge in [0.2, 0.25) is 0 Å². The number of carbonyl (C=O) groups excluding carboxylic acids is 1. The normalized spacial score (nSPS) is 17.8. The van der Waals surface area contributed by atoms with Gasteiger partial charge in [0.25, 0.3) is 5.91 Å². The predicted molar refractivity (Wildman–Crippen MR) is 104 cm³/mol. The molecule has 1 fully saturated rings. The van der Waals surface area contributed by atoms with Crippen molar-refractivity contribution in [2.75, 3.05) is 13.1 Å². The Labute approximate surface area is 160 Å². The molecule has 1 aliphatic heterocycles. The van der Waals surface area contributed by atoms with E-state index in [1.54, 1.807) is 29.5 Å². The monoisotopic (exact) mass is 390 g/mol. The van der Waals surface area contributed by atoms with Gasteiger partial charge in [-0.25, -0.2) is 4.98 Å². The van der Waals surface area contributed by atoms with Gasteiger partial charge in [0, 0.05) is 24.0 Å². The van der Waals surface area contributed by atoms with Crippen LogP contribution in [0.2, 0.25) is 10.0 Å². The molecule has 1 aliphatic rings. The second kappa shape index (κ2) is 6.94. The van der Waals surface area contributed by atoms with E-state index in [0.717, 1.165) is 29.9 Å². The summed E-state index contributed by atoms with van der Waals surface area (Å²) in [4.78, 5) is 19.5. The van der Waals surface area contributed by atoms with Gasteiger partial charge in [-0.3, -0.25) is 4.79 Å². The molecule has 6 heteroatoms. The molecule has 0 saturated carbocycles. The molecule has 0 spiro atoms. The summed E-state index contributed by atoms with van der Waals surface area (Å²) >= 11 is 13.9. The van der Waals surface area contributed by atoms with Crippen molar-refractivity contribution in [2.45, 2.75) is 18.8 Å². The lowest BCUT2D eigenvalue weighted by molar-refractivity contribution is 0.0707. The van der Waals surface area contributed by atoms with Gasteiger partial charge < -0.3 is 4.90 Å². The molecule has 2 aromatic carbocycles. The number of benzene rings is 2. The van der Waals surface area contributed by atoms with E-state index in [1.165, 1.54) is 4.70 Å². The van der Waals surface area contributed by atoms with E-state index in [1.807, 2.05) is 23.1 Å². The number of hydrogen-bond donors (Lipinski definition) is 0. The number of nitrogens with zero attached hydrogens (tertiary/aromatic N) is 2. The van der Waals surface area contributed by atoms with Gasteiger partial charge in [0.1, 0.15) is 0 Å². The first kappa shape index (κ1) is 16.8. The van der Waals surface area contributed by atoms with E-state index in [4.69, 9.17) is 28.2 Å². The predicted octanol–water partition coefficient (Wildman–Crippen LogP) is 5.62. The van der Waals surface area contributed by atoms with Gasteiger partial charge in [0.15, 0.2) is 0 Å². The van der Waals surface area contributed by atoms with Gasteiger partial charge in [-0.2, -0.15) is 0 Å². The largest absolute Gasteiger partial charge is 0.338 e. The van der Waals surface area contributed by atoms with Gasteiger partial charge in [-0.05, 0) is 43.2 Å². The van der Waals surface area contributed by atoms with Crippen molar-refractivity contribution in [3.63, 3.8) is 0 Å². The fourth-order valence-electron chi connectivity index (χ4n) is 3.26. The summed E-state index contributed by atoms with van der Waals surface area (Å²) in [6.45, 7) is 1.43. The van der Waals surface area contributed by atoms with E-state index >= 15 is 0 Å². The van der Waals surface area contributed by atoms with Crippen LogP contribution in [0.25, 0.3) is 10.2 Å². The Morgan fingerprint density at radius 2 is 2.04 bits per heavy atom. The number of fused-ring (bicyclic) bond motifs is 1. The molecular weight excluding hydrogens is 375 g/mol. The third-order valence-electron chi connectivity index (χ3n) is 4.53. The van der Waals surface area contributed by atoms with E-state index in [0.29, 0.717) is 22.2 Å². The maximum absolute atomic E-state index is 12.9. The standard InChI is InChI=1S/C19H16Cl2N2OS/c20-13-7-8-14(15(21)10-13)19(24)23-9-3-4-12(11-23)18-22-16-5-1-2-6-17(16)25-18/h1-2,5-8,10,12H,3-4,9,11H2/t12-/m1/s1. The molecule has 1 aromatic heterocycles. The second-order valence-electron chi connectivity index (χ2n) is 6.23. The lowest BCUT2D eigenvalue weighted by Gasteiger charge is -2.32.